The van der Waals surface area contributed by atoms with Crippen LogP contribution in [-0.4, -0.2) is 11.5 Å². The van der Waals surface area contributed by atoms with E-state index in [1.54, 1.807) is 0 Å². The van der Waals surface area contributed by atoms with Crippen LogP contribution in [0.4, 0.5) is 0 Å². The second kappa shape index (κ2) is 6.55. The molecule has 14 heavy (non-hydrogen) atoms. The maximum absolute atomic E-state index is 4.01. The Hall–Kier alpha value is -0.890. The lowest BCUT2D eigenvalue weighted by molar-refractivity contribution is 0.543. The molecule has 0 aliphatic heterocycles. The molecule has 1 atom stereocenters. The van der Waals surface area contributed by atoms with Crippen LogP contribution in [0.3, 0.4) is 0 Å². The van der Waals surface area contributed by atoms with E-state index >= 15 is 0 Å². The first-order chi connectivity index (χ1) is 6.84. The van der Waals surface area contributed by atoms with Crippen molar-refractivity contribution in [2.45, 2.75) is 39.2 Å². The van der Waals surface area contributed by atoms with Crippen LogP contribution in [0.1, 0.15) is 44.7 Å². The lowest BCUT2D eigenvalue weighted by atomic mass is 10.1. The van der Waals surface area contributed by atoms with Crippen LogP contribution in [0, 0.1) is 0 Å². The topological polar surface area (TPSA) is 24.9 Å². The minimum absolute atomic E-state index is 0.440. The number of pyridine rings is 1. The van der Waals surface area contributed by atoms with Gasteiger partial charge < -0.3 is 5.32 Å². The van der Waals surface area contributed by atoms with Crippen LogP contribution >= 0.6 is 0 Å². The molecule has 0 radical (unpaired) electrons. The van der Waals surface area contributed by atoms with Crippen LogP contribution in [-0.2, 0) is 0 Å². The molecule has 0 amide bonds. The summed E-state index contributed by atoms with van der Waals surface area (Å²) in [7, 11) is 0. The summed E-state index contributed by atoms with van der Waals surface area (Å²) in [6.45, 7) is 5.53. The normalized spacial score (nSPS) is 12.7. The molecular formula is C12H20N2. The van der Waals surface area contributed by atoms with Crippen LogP contribution in [0.2, 0.25) is 0 Å². The fraction of sp³-hybridized carbons (Fsp3) is 0.583. The second-order valence-corrected chi connectivity index (χ2v) is 3.66. The predicted octanol–water partition coefficient (Wildman–Crippen LogP) is 2.92. The first kappa shape index (κ1) is 11.2. The van der Waals surface area contributed by atoms with E-state index in [-0.39, 0.29) is 0 Å². The number of hydrogen-bond donors (Lipinski definition) is 1. The summed E-state index contributed by atoms with van der Waals surface area (Å²) in [6, 6.07) is 4.57. The predicted molar refractivity (Wildman–Crippen MR) is 60.2 cm³/mol. The average Bonchev–Trinajstić information content (AvgIpc) is 2.25. The Bertz CT molecular complexity index is 233. The lowest BCUT2D eigenvalue weighted by Crippen LogP contribution is -2.19. The summed E-state index contributed by atoms with van der Waals surface area (Å²) in [4.78, 5) is 4.01. The molecule has 0 saturated heterocycles. The van der Waals surface area contributed by atoms with Crippen molar-refractivity contribution in [1.29, 1.82) is 0 Å². The summed E-state index contributed by atoms with van der Waals surface area (Å²) in [5.74, 6) is 0. The van der Waals surface area contributed by atoms with E-state index in [2.05, 4.69) is 36.3 Å². The fourth-order valence-electron chi connectivity index (χ4n) is 1.46. The zero-order valence-electron chi connectivity index (χ0n) is 9.16. The Kier molecular flexibility index (Phi) is 5.23. The van der Waals surface area contributed by atoms with Gasteiger partial charge in [0, 0.05) is 18.4 Å². The van der Waals surface area contributed by atoms with Crippen LogP contribution in [0.15, 0.2) is 24.5 Å². The van der Waals surface area contributed by atoms with Crippen molar-refractivity contribution in [1.82, 2.24) is 10.3 Å². The summed E-state index contributed by atoms with van der Waals surface area (Å²) >= 11 is 0. The van der Waals surface area contributed by atoms with Gasteiger partial charge in [0.2, 0.25) is 0 Å². The quantitative estimate of drug-likeness (QED) is 0.701. The monoisotopic (exact) mass is 192 g/mol. The summed E-state index contributed by atoms with van der Waals surface area (Å²) in [5.41, 5.74) is 1.32. The molecule has 1 rings (SSSR count). The van der Waals surface area contributed by atoms with E-state index in [1.165, 1.54) is 24.8 Å². The van der Waals surface area contributed by atoms with Gasteiger partial charge in [-0.25, -0.2) is 0 Å². The number of nitrogens with one attached hydrogen (secondary N) is 1. The SMILES string of the molecule is CCCCCN[C@@H](C)c1ccncc1. The minimum Gasteiger partial charge on any atom is -0.310 e. The Balaban J connectivity index is 2.25. The Morgan fingerprint density at radius 1 is 1.29 bits per heavy atom. The van der Waals surface area contributed by atoms with E-state index in [0.717, 1.165) is 6.54 Å². The highest BCUT2D eigenvalue weighted by Gasteiger charge is 2.02. The smallest absolute Gasteiger partial charge is 0.0292 e. The highest BCUT2D eigenvalue weighted by molar-refractivity contribution is 5.13. The van der Waals surface area contributed by atoms with Gasteiger partial charge in [0.15, 0.2) is 0 Å². The summed E-state index contributed by atoms with van der Waals surface area (Å²) in [5, 5.41) is 3.51. The molecule has 1 aromatic heterocycles. The van der Waals surface area contributed by atoms with Gasteiger partial charge in [-0.05, 0) is 37.6 Å². The molecule has 0 bridgehead atoms. The molecule has 0 spiro atoms. The lowest BCUT2D eigenvalue weighted by Gasteiger charge is -2.13. The number of aromatic nitrogens is 1. The Morgan fingerprint density at radius 3 is 2.64 bits per heavy atom. The van der Waals surface area contributed by atoms with Crippen molar-refractivity contribution < 1.29 is 0 Å². The van der Waals surface area contributed by atoms with Gasteiger partial charge in [-0.3, -0.25) is 4.98 Å². The highest BCUT2D eigenvalue weighted by atomic mass is 14.9. The standard InChI is InChI=1S/C12H20N2/c1-3-4-5-8-14-11(2)12-6-9-13-10-7-12/h6-7,9-11,14H,3-5,8H2,1-2H3/t11-/m0/s1. The van der Waals surface area contributed by atoms with Crippen molar-refractivity contribution in [3.05, 3.63) is 30.1 Å². The van der Waals surface area contributed by atoms with E-state index < -0.39 is 0 Å². The summed E-state index contributed by atoms with van der Waals surface area (Å²) in [6.07, 6.45) is 7.56. The van der Waals surface area contributed by atoms with Gasteiger partial charge >= 0.3 is 0 Å². The average molecular weight is 192 g/mol. The third-order valence-electron chi connectivity index (χ3n) is 2.44. The third kappa shape index (κ3) is 3.88. The second-order valence-electron chi connectivity index (χ2n) is 3.66. The van der Waals surface area contributed by atoms with Crippen molar-refractivity contribution in [2.75, 3.05) is 6.54 Å². The Morgan fingerprint density at radius 2 is 2.00 bits per heavy atom. The number of nitrogens with zero attached hydrogens (tertiary/aromatic N) is 1. The first-order valence-corrected chi connectivity index (χ1v) is 5.48. The van der Waals surface area contributed by atoms with Gasteiger partial charge in [-0.15, -0.1) is 0 Å². The number of hydrogen-bond acceptors (Lipinski definition) is 2. The molecular weight excluding hydrogens is 172 g/mol. The van der Waals surface area contributed by atoms with Crippen LogP contribution in [0.5, 0.6) is 0 Å². The molecule has 78 valence electrons. The highest BCUT2D eigenvalue weighted by Crippen LogP contribution is 2.09. The van der Waals surface area contributed by atoms with Gasteiger partial charge in [0.05, 0.1) is 0 Å². The van der Waals surface area contributed by atoms with Gasteiger partial charge in [0.1, 0.15) is 0 Å². The Labute approximate surface area is 86.8 Å². The van der Waals surface area contributed by atoms with Gasteiger partial charge in [0.25, 0.3) is 0 Å². The van der Waals surface area contributed by atoms with Crippen LogP contribution < -0.4 is 5.32 Å². The maximum Gasteiger partial charge on any atom is 0.0292 e. The molecule has 0 aliphatic rings. The fourth-order valence-corrected chi connectivity index (χ4v) is 1.46. The largest absolute Gasteiger partial charge is 0.310 e. The molecule has 0 aromatic carbocycles. The molecule has 1 aromatic rings. The molecule has 0 saturated carbocycles. The van der Waals surface area contributed by atoms with Crippen molar-refractivity contribution in [2.24, 2.45) is 0 Å². The van der Waals surface area contributed by atoms with Crippen molar-refractivity contribution in [3.63, 3.8) is 0 Å². The zero-order chi connectivity index (χ0) is 10.2. The maximum atomic E-state index is 4.01. The molecule has 0 fully saturated rings. The summed E-state index contributed by atoms with van der Waals surface area (Å²) < 4.78 is 0. The number of unbranched alkanes of at least 4 members (excludes halogenated alkanes) is 2. The molecule has 2 heteroatoms. The van der Waals surface area contributed by atoms with E-state index in [9.17, 15) is 0 Å². The first-order valence-electron chi connectivity index (χ1n) is 5.48. The molecule has 1 heterocycles. The molecule has 2 nitrogen and oxygen atoms in total. The van der Waals surface area contributed by atoms with E-state index in [1.807, 2.05) is 12.4 Å². The molecule has 0 unspecified atom stereocenters. The third-order valence-corrected chi connectivity index (χ3v) is 2.44. The minimum atomic E-state index is 0.440. The van der Waals surface area contributed by atoms with Gasteiger partial charge in [-0.1, -0.05) is 19.8 Å². The molecule has 0 aliphatic carbocycles. The van der Waals surface area contributed by atoms with E-state index in [0.29, 0.717) is 6.04 Å². The van der Waals surface area contributed by atoms with Gasteiger partial charge in [-0.2, -0.15) is 0 Å². The molecule has 1 N–H and O–H groups in total. The number of rotatable bonds is 6. The van der Waals surface area contributed by atoms with E-state index in [4.69, 9.17) is 0 Å². The van der Waals surface area contributed by atoms with Crippen molar-refractivity contribution in [3.8, 4) is 0 Å². The van der Waals surface area contributed by atoms with Crippen molar-refractivity contribution >= 4 is 0 Å². The zero-order valence-corrected chi connectivity index (χ0v) is 9.16. The van der Waals surface area contributed by atoms with Crippen LogP contribution in [0.25, 0.3) is 0 Å².